The van der Waals surface area contributed by atoms with Crippen molar-refractivity contribution in [3.63, 3.8) is 0 Å². The number of non-ortho nitro benzene ring substituents is 1. The monoisotopic (exact) mass is 383 g/mol. The molecule has 0 aromatic heterocycles. The summed E-state index contributed by atoms with van der Waals surface area (Å²) in [5, 5.41) is 20.3. The van der Waals surface area contributed by atoms with E-state index in [9.17, 15) is 24.8 Å². The molecule has 0 spiro atoms. The fraction of sp³-hybridized carbons (Fsp3) is 0.300. The first-order chi connectivity index (χ1) is 13.3. The quantitative estimate of drug-likeness (QED) is 0.643. The second-order valence-electron chi connectivity index (χ2n) is 6.79. The third-order valence-corrected chi connectivity index (χ3v) is 5.16. The molecule has 2 aromatic carbocycles. The molecule has 1 amide bonds. The Morgan fingerprint density at radius 1 is 1.04 bits per heavy atom. The van der Waals surface area contributed by atoms with Gasteiger partial charge in [0.05, 0.1) is 16.1 Å². The lowest BCUT2D eigenvalue weighted by molar-refractivity contribution is -0.384. The smallest absolute Gasteiger partial charge is 0.336 e. The van der Waals surface area contributed by atoms with Gasteiger partial charge in [0.1, 0.15) is 0 Å². The Morgan fingerprint density at radius 2 is 1.71 bits per heavy atom. The van der Waals surface area contributed by atoms with Crippen LogP contribution in [0, 0.1) is 24.0 Å². The summed E-state index contributed by atoms with van der Waals surface area (Å²) in [5.41, 5.74) is 2.80. The first kappa shape index (κ1) is 19.3. The Morgan fingerprint density at radius 3 is 2.32 bits per heavy atom. The van der Waals surface area contributed by atoms with Crippen molar-refractivity contribution in [2.75, 3.05) is 31.1 Å². The second-order valence-corrected chi connectivity index (χ2v) is 6.79. The molecule has 1 fully saturated rings. The summed E-state index contributed by atoms with van der Waals surface area (Å²) in [7, 11) is 0. The Bertz CT molecular complexity index is 949. The SMILES string of the molecule is Cc1cccc(N2CCN(C(=O)c3ccc([N+](=O)[O-])cc3C(=O)O)CC2)c1C. The van der Waals surface area contributed by atoms with E-state index in [0.29, 0.717) is 26.2 Å². The molecule has 0 saturated carbocycles. The minimum absolute atomic E-state index is 0.0294. The van der Waals surface area contributed by atoms with Crippen LogP contribution >= 0.6 is 0 Å². The molecule has 146 valence electrons. The van der Waals surface area contributed by atoms with Crippen molar-refractivity contribution in [2.24, 2.45) is 0 Å². The number of amides is 1. The number of nitro groups is 1. The number of carbonyl (C=O) groups is 2. The number of aryl methyl sites for hydroxylation is 1. The van der Waals surface area contributed by atoms with Crippen molar-refractivity contribution < 1.29 is 19.6 Å². The minimum atomic E-state index is -1.36. The normalized spacial score (nSPS) is 14.1. The van der Waals surface area contributed by atoms with Crippen LogP contribution in [-0.2, 0) is 0 Å². The Kier molecular flexibility index (Phi) is 5.30. The molecule has 2 aromatic rings. The average Bonchev–Trinajstić information content (AvgIpc) is 2.69. The summed E-state index contributed by atoms with van der Waals surface area (Å²) in [6.45, 7) is 6.28. The van der Waals surface area contributed by atoms with Crippen LogP contribution in [0.25, 0.3) is 0 Å². The molecule has 1 aliphatic rings. The number of carboxylic acid groups (broad SMARTS) is 1. The number of rotatable bonds is 4. The van der Waals surface area contributed by atoms with Crippen LogP contribution in [0.15, 0.2) is 36.4 Å². The molecule has 8 nitrogen and oxygen atoms in total. The molecule has 0 atom stereocenters. The van der Waals surface area contributed by atoms with Gasteiger partial charge in [0.25, 0.3) is 11.6 Å². The molecule has 28 heavy (non-hydrogen) atoms. The molecule has 3 rings (SSSR count). The summed E-state index contributed by atoms with van der Waals surface area (Å²) in [6.07, 6.45) is 0. The van der Waals surface area contributed by atoms with Gasteiger partial charge in [0.15, 0.2) is 0 Å². The van der Waals surface area contributed by atoms with Crippen molar-refractivity contribution in [3.8, 4) is 0 Å². The van der Waals surface area contributed by atoms with Gasteiger partial charge in [-0.1, -0.05) is 12.1 Å². The fourth-order valence-corrected chi connectivity index (χ4v) is 3.41. The highest BCUT2D eigenvalue weighted by Gasteiger charge is 2.27. The van der Waals surface area contributed by atoms with E-state index in [0.717, 1.165) is 17.8 Å². The number of anilines is 1. The molecule has 0 aliphatic carbocycles. The first-order valence-corrected chi connectivity index (χ1v) is 8.91. The standard InChI is InChI=1S/C20H21N3O5/c1-13-4-3-5-18(14(13)2)21-8-10-22(11-9-21)19(24)16-7-6-15(23(27)28)12-17(16)20(25)26/h3-7,12H,8-11H2,1-2H3,(H,25,26). The Hall–Kier alpha value is -3.42. The van der Waals surface area contributed by atoms with Gasteiger partial charge in [-0.25, -0.2) is 4.79 Å². The second kappa shape index (κ2) is 7.67. The average molecular weight is 383 g/mol. The predicted octanol–water partition coefficient (Wildman–Crippen LogP) is 2.87. The fourth-order valence-electron chi connectivity index (χ4n) is 3.41. The van der Waals surface area contributed by atoms with Gasteiger partial charge in [0.2, 0.25) is 0 Å². The van der Waals surface area contributed by atoms with Gasteiger partial charge in [-0.3, -0.25) is 14.9 Å². The van der Waals surface area contributed by atoms with E-state index in [1.807, 2.05) is 6.07 Å². The van der Waals surface area contributed by atoms with Crippen LogP contribution in [0.4, 0.5) is 11.4 Å². The van der Waals surface area contributed by atoms with Crippen LogP contribution in [-0.4, -0.2) is 53.0 Å². The van der Waals surface area contributed by atoms with Crippen LogP contribution in [0.2, 0.25) is 0 Å². The van der Waals surface area contributed by atoms with E-state index in [1.54, 1.807) is 4.90 Å². The number of aromatic carboxylic acids is 1. The van der Waals surface area contributed by atoms with Crippen molar-refractivity contribution in [1.82, 2.24) is 4.90 Å². The van der Waals surface area contributed by atoms with E-state index >= 15 is 0 Å². The minimum Gasteiger partial charge on any atom is -0.478 e. The molecule has 0 unspecified atom stereocenters. The van der Waals surface area contributed by atoms with E-state index < -0.39 is 16.8 Å². The van der Waals surface area contributed by atoms with Gasteiger partial charge < -0.3 is 14.9 Å². The zero-order valence-corrected chi connectivity index (χ0v) is 15.7. The number of carbonyl (C=O) groups excluding carboxylic acids is 1. The molecule has 8 heteroatoms. The molecule has 0 bridgehead atoms. The number of benzene rings is 2. The van der Waals surface area contributed by atoms with Gasteiger partial charge in [-0.05, 0) is 37.1 Å². The molecule has 1 aliphatic heterocycles. The number of nitro benzene ring substituents is 1. The lowest BCUT2D eigenvalue weighted by atomic mass is 10.0. The highest BCUT2D eigenvalue weighted by Crippen LogP contribution is 2.25. The molecule has 0 radical (unpaired) electrons. The number of hydrogen-bond donors (Lipinski definition) is 1. The van der Waals surface area contributed by atoms with E-state index in [4.69, 9.17) is 0 Å². The molecular weight excluding hydrogens is 362 g/mol. The molecule has 1 N–H and O–H groups in total. The number of piperazine rings is 1. The first-order valence-electron chi connectivity index (χ1n) is 8.91. The number of hydrogen-bond acceptors (Lipinski definition) is 5. The van der Waals surface area contributed by atoms with Crippen molar-refractivity contribution >= 4 is 23.3 Å². The van der Waals surface area contributed by atoms with Gasteiger partial charge in [-0.2, -0.15) is 0 Å². The summed E-state index contributed by atoms with van der Waals surface area (Å²) in [5.74, 6) is -1.78. The lowest BCUT2D eigenvalue weighted by Gasteiger charge is -2.37. The largest absolute Gasteiger partial charge is 0.478 e. The summed E-state index contributed by atoms with van der Waals surface area (Å²) < 4.78 is 0. The third-order valence-electron chi connectivity index (χ3n) is 5.16. The predicted molar refractivity (Wildman–Crippen MR) is 104 cm³/mol. The highest BCUT2D eigenvalue weighted by molar-refractivity contribution is 6.05. The molecule has 1 saturated heterocycles. The number of carboxylic acids is 1. The topological polar surface area (TPSA) is 104 Å². The van der Waals surface area contributed by atoms with Crippen molar-refractivity contribution in [2.45, 2.75) is 13.8 Å². The Labute approximate surface area is 162 Å². The summed E-state index contributed by atoms with van der Waals surface area (Å²) in [6, 6.07) is 9.43. The third kappa shape index (κ3) is 3.66. The number of nitrogens with zero attached hydrogens (tertiary/aromatic N) is 3. The lowest BCUT2D eigenvalue weighted by Crippen LogP contribution is -2.49. The van der Waals surface area contributed by atoms with Gasteiger partial charge in [0, 0.05) is 44.0 Å². The molecule has 1 heterocycles. The van der Waals surface area contributed by atoms with E-state index in [-0.39, 0.29) is 16.8 Å². The van der Waals surface area contributed by atoms with Crippen molar-refractivity contribution in [1.29, 1.82) is 0 Å². The van der Waals surface area contributed by atoms with Crippen LogP contribution in [0.3, 0.4) is 0 Å². The summed E-state index contributed by atoms with van der Waals surface area (Å²) >= 11 is 0. The van der Waals surface area contributed by atoms with E-state index in [1.165, 1.54) is 17.2 Å². The molecular formula is C20H21N3O5. The van der Waals surface area contributed by atoms with Gasteiger partial charge in [-0.15, -0.1) is 0 Å². The van der Waals surface area contributed by atoms with Gasteiger partial charge >= 0.3 is 5.97 Å². The van der Waals surface area contributed by atoms with Crippen LogP contribution < -0.4 is 4.90 Å². The van der Waals surface area contributed by atoms with Crippen LogP contribution in [0.5, 0.6) is 0 Å². The van der Waals surface area contributed by atoms with Crippen LogP contribution in [0.1, 0.15) is 31.8 Å². The maximum absolute atomic E-state index is 12.8. The Balaban J connectivity index is 1.78. The van der Waals surface area contributed by atoms with E-state index in [2.05, 4.69) is 30.9 Å². The highest BCUT2D eigenvalue weighted by atomic mass is 16.6. The van der Waals surface area contributed by atoms with Crippen molar-refractivity contribution in [3.05, 3.63) is 68.8 Å². The summed E-state index contributed by atoms with van der Waals surface area (Å²) in [4.78, 5) is 38.3. The zero-order valence-electron chi connectivity index (χ0n) is 15.7. The zero-order chi connectivity index (χ0) is 20.4. The maximum atomic E-state index is 12.8. The maximum Gasteiger partial charge on any atom is 0.336 e.